The molecule has 170 valence electrons. The Balaban J connectivity index is 1.53. The van der Waals surface area contributed by atoms with Crippen molar-refractivity contribution in [2.45, 2.75) is 32.1 Å². The van der Waals surface area contributed by atoms with E-state index in [0.29, 0.717) is 28.5 Å². The molecular weight excluding hydrogens is 454 g/mol. The Morgan fingerprint density at radius 1 is 1.21 bits per heavy atom. The number of nitrogens with zero attached hydrogens (tertiary/aromatic N) is 2. The first-order valence-corrected chi connectivity index (χ1v) is 12.5. The average molecular weight is 480 g/mol. The molecule has 6 nitrogen and oxygen atoms in total. The summed E-state index contributed by atoms with van der Waals surface area (Å²) in [5.74, 6) is 0.802. The lowest BCUT2D eigenvalue weighted by Crippen LogP contribution is -2.26. The van der Waals surface area contributed by atoms with Crippen LogP contribution in [0, 0.1) is 6.92 Å². The van der Waals surface area contributed by atoms with Crippen molar-refractivity contribution in [1.82, 2.24) is 14.9 Å². The molecule has 0 saturated heterocycles. The summed E-state index contributed by atoms with van der Waals surface area (Å²) in [6, 6.07) is 15.8. The molecule has 33 heavy (non-hydrogen) atoms. The van der Waals surface area contributed by atoms with Crippen molar-refractivity contribution in [1.29, 1.82) is 0 Å². The Labute approximate surface area is 200 Å². The number of hydrogen-bond acceptors (Lipinski definition) is 6. The van der Waals surface area contributed by atoms with E-state index < -0.39 is 0 Å². The fraction of sp³-hybridized carbons (Fsp3) is 0.240. The van der Waals surface area contributed by atoms with E-state index in [4.69, 9.17) is 9.72 Å². The van der Waals surface area contributed by atoms with Crippen LogP contribution in [0.3, 0.4) is 0 Å². The van der Waals surface area contributed by atoms with Gasteiger partial charge >= 0.3 is 0 Å². The molecule has 0 spiro atoms. The predicted octanol–water partition coefficient (Wildman–Crippen LogP) is 4.87. The number of rotatable bonds is 8. The monoisotopic (exact) mass is 479 g/mol. The second-order valence-electron chi connectivity index (χ2n) is 7.55. The van der Waals surface area contributed by atoms with E-state index in [9.17, 15) is 9.59 Å². The number of nitrogens with one attached hydrogen (secondary N) is 1. The molecule has 0 aliphatic heterocycles. The standard InChI is InChI=1S/C25H25N3O3S2/c1-4-28-24(30)23-22(20(14-32-23)18-10-8-16(2)9-11-18)27-25(28)33-15-21(29)26-13-17-6-5-7-19(12-17)31-3/h5-12,14H,4,13,15H2,1-3H3,(H,26,29). The summed E-state index contributed by atoms with van der Waals surface area (Å²) >= 11 is 2.70. The van der Waals surface area contributed by atoms with Gasteiger partial charge < -0.3 is 10.1 Å². The van der Waals surface area contributed by atoms with Crippen LogP contribution in [-0.2, 0) is 17.9 Å². The summed E-state index contributed by atoms with van der Waals surface area (Å²) in [7, 11) is 1.61. The lowest BCUT2D eigenvalue weighted by Gasteiger charge is -2.11. The fourth-order valence-corrected chi connectivity index (χ4v) is 5.32. The molecule has 1 amide bonds. The number of thioether (sulfide) groups is 1. The highest BCUT2D eigenvalue weighted by molar-refractivity contribution is 7.99. The lowest BCUT2D eigenvalue weighted by atomic mass is 10.1. The smallest absolute Gasteiger partial charge is 0.272 e. The van der Waals surface area contributed by atoms with Crippen LogP contribution >= 0.6 is 23.1 Å². The van der Waals surface area contributed by atoms with Gasteiger partial charge in [0.05, 0.1) is 18.4 Å². The van der Waals surface area contributed by atoms with Gasteiger partial charge in [0, 0.05) is 24.0 Å². The van der Waals surface area contributed by atoms with E-state index in [1.807, 2.05) is 55.6 Å². The maximum Gasteiger partial charge on any atom is 0.272 e. The van der Waals surface area contributed by atoms with Gasteiger partial charge in [-0.15, -0.1) is 11.3 Å². The number of amides is 1. The van der Waals surface area contributed by atoms with Gasteiger partial charge in [0.1, 0.15) is 10.4 Å². The maximum atomic E-state index is 13.1. The normalized spacial score (nSPS) is 11.0. The van der Waals surface area contributed by atoms with Gasteiger partial charge in [0.15, 0.2) is 5.16 Å². The van der Waals surface area contributed by atoms with Gasteiger partial charge in [-0.3, -0.25) is 14.2 Å². The number of aryl methyl sites for hydroxylation is 1. The van der Waals surface area contributed by atoms with E-state index in [0.717, 1.165) is 22.4 Å². The van der Waals surface area contributed by atoms with Gasteiger partial charge in [-0.25, -0.2) is 4.98 Å². The summed E-state index contributed by atoms with van der Waals surface area (Å²) in [6.07, 6.45) is 0. The van der Waals surface area contributed by atoms with Crippen molar-refractivity contribution in [2.75, 3.05) is 12.9 Å². The van der Waals surface area contributed by atoms with Crippen LogP contribution in [0.1, 0.15) is 18.1 Å². The van der Waals surface area contributed by atoms with Crippen LogP contribution in [-0.4, -0.2) is 28.3 Å². The van der Waals surface area contributed by atoms with Crippen LogP contribution in [0.2, 0.25) is 0 Å². The molecule has 0 saturated carbocycles. The van der Waals surface area contributed by atoms with Crippen molar-refractivity contribution in [3.8, 4) is 16.9 Å². The molecule has 2 aromatic heterocycles. The minimum Gasteiger partial charge on any atom is -0.497 e. The topological polar surface area (TPSA) is 73.2 Å². The zero-order chi connectivity index (χ0) is 23.4. The first-order valence-electron chi connectivity index (χ1n) is 10.6. The second-order valence-corrected chi connectivity index (χ2v) is 9.38. The Morgan fingerprint density at radius 3 is 2.73 bits per heavy atom. The average Bonchev–Trinajstić information content (AvgIpc) is 3.26. The van der Waals surface area contributed by atoms with E-state index >= 15 is 0 Å². The number of fused-ring (bicyclic) bond motifs is 1. The molecule has 0 atom stereocenters. The number of benzene rings is 2. The molecule has 1 N–H and O–H groups in total. The summed E-state index contributed by atoms with van der Waals surface area (Å²) < 4.78 is 7.50. The predicted molar refractivity (Wildman–Crippen MR) is 135 cm³/mol. The van der Waals surface area contributed by atoms with Crippen molar-refractivity contribution in [3.63, 3.8) is 0 Å². The zero-order valence-corrected chi connectivity index (χ0v) is 20.4. The number of hydrogen-bond donors (Lipinski definition) is 1. The maximum absolute atomic E-state index is 13.1. The van der Waals surface area contributed by atoms with Crippen molar-refractivity contribution in [2.24, 2.45) is 0 Å². The van der Waals surface area contributed by atoms with Crippen LogP contribution in [0.5, 0.6) is 5.75 Å². The molecule has 0 fully saturated rings. The minimum atomic E-state index is -0.121. The van der Waals surface area contributed by atoms with Gasteiger partial charge in [0.2, 0.25) is 5.91 Å². The SMILES string of the molecule is CCn1c(SCC(=O)NCc2cccc(OC)c2)nc2c(-c3ccc(C)cc3)csc2c1=O. The third-order valence-corrected chi connectivity index (χ3v) is 7.21. The number of carbonyl (C=O) groups excluding carboxylic acids is 1. The Kier molecular flexibility index (Phi) is 7.15. The second kappa shape index (κ2) is 10.2. The summed E-state index contributed by atoms with van der Waals surface area (Å²) in [5, 5.41) is 5.46. The molecule has 0 aliphatic carbocycles. The Bertz CT molecular complexity index is 1340. The number of aromatic nitrogens is 2. The molecular formula is C25H25N3O3S2. The van der Waals surface area contributed by atoms with Crippen molar-refractivity contribution in [3.05, 3.63) is 75.4 Å². The van der Waals surface area contributed by atoms with Crippen molar-refractivity contribution >= 4 is 39.2 Å². The molecule has 4 aromatic rings. The summed E-state index contributed by atoms with van der Waals surface area (Å²) in [4.78, 5) is 30.4. The van der Waals surface area contributed by atoms with E-state index in [-0.39, 0.29) is 17.2 Å². The molecule has 2 heterocycles. The first kappa shape index (κ1) is 23.1. The number of thiophene rings is 1. The van der Waals surface area contributed by atoms with E-state index in [2.05, 4.69) is 17.4 Å². The first-order chi connectivity index (χ1) is 16.0. The largest absolute Gasteiger partial charge is 0.497 e. The quantitative estimate of drug-likeness (QED) is 0.288. The molecule has 0 unspecified atom stereocenters. The third kappa shape index (κ3) is 5.12. The van der Waals surface area contributed by atoms with Gasteiger partial charge in [0.25, 0.3) is 5.56 Å². The summed E-state index contributed by atoms with van der Waals surface area (Å²) in [6.45, 7) is 4.86. The van der Waals surface area contributed by atoms with Gasteiger partial charge in [-0.05, 0) is 37.1 Å². The summed E-state index contributed by atoms with van der Waals surface area (Å²) in [5.41, 5.74) is 4.73. The van der Waals surface area contributed by atoms with Crippen molar-refractivity contribution < 1.29 is 9.53 Å². The lowest BCUT2D eigenvalue weighted by molar-refractivity contribution is -0.118. The highest BCUT2D eigenvalue weighted by Gasteiger charge is 2.17. The van der Waals surface area contributed by atoms with Crippen LogP contribution < -0.4 is 15.6 Å². The molecule has 0 bridgehead atoms. The molecule has 0 aliphatic rings. The molecule has 8 heteroatoms. The highest BCUT2D eigenvalue weighted by atomic mass is 32.2. The fourth-order valence-electron chi connectivity index (χ4n) is 3.47. The number of methoxy groups -OCH3 is 1. The molecule has 0 radical (unpaired) electrons. The zero-order valence-electron chi connectivity index (χ0n) is 18.8. The molecule has 4 rings (SSSR count). The van der Waals surface area contributed by atoms with E-state index in [1.165, 1.54) is 28.7 Å². The molecule has 2 aromatic carbocycles. The Morgan fingerprint density at radius 2 is 2.00 bits per heavy atom. The van der Waals surface area contributed by atoms with Gasteiger partial charge in [-0.2, -0.15) is 0 Å². The highest BCUT2D eigenvalue weighted by Crippen LogP contribution is 2.32. The van der Waals surface area contributed by atoms with E-state index in [1.54, 1.807) is 11.7 Å². The van der Waals surface area contributed by atoms with Gasteiger partial charge in [-0.1, -0.05) is 53.7 Å². The number of ether oxygens (including phenoxy) is 1. The van der Waals surface area contributed by atoms with Crippen LogP contribution in [0.15, 0.2) is 63.9 Å². The van der Waals surface area contributed by atoms with Crippen LogP contribution in [0.25, 0.3) is 21.3 Å². The third-order valence-electron chi connectivity index (χ3n) is 5.28. The number of carbonyl (C=O) groups is 1. The minimum absolute atomic E-state index is 0.0647. The Hall–Kier alpha value is -3.10. The van der Waals surface area contributed by atoms with Crippen LogP contribution in [0.4, 0.5) is 0 Å².